The normalized spacial score (nSPS) is 21.7. The Hall–Kier alpha value is -2.70. The molecule has 0 radical (unpaired) electrons. The van der Waals surface area contributed by atoms with Crippen LogP contribution in [-0.2, 0) is 14.2 Å². The molecule has 0 aliphatic carbocycles. The van der Waals surface area contributed by atoms with E-state index in [4.69, 9.17) is 14.2 Å². The average molecular weight is 370 g/mol. The second-order valence-corrected chi connectivity index (χ2v) is 6.64. The minimum absolute atomic E-state index is 0.115. The molecule has 3 atom stereocenters. The van der Waals surface area contributed by atoms with E-state index in [1.54, 1.807) is 24.3 Å². The molecule has 2 aromatic rings. The number of carbonyl (C=O) groups is 2. The van der Waals surface area contributed by atoms with Crippen molar-refractivity contribution in [3.8, 4) is 0 Å². The van der Waals surface area contributed by atoms with Crippen molar-refractivity contribution in [2.45, 2.75) is 38.8 Å². The fourth-order valence-corrected chi connectivity index (χ4v) is 2.79. The van der Waals surface area contributed by atoms with Crippen LogP contribution in [-0.4, -0.2) is 42.1 Å². The Morgan fingerprint density at radius 3 is 2.04 bits per heavy atom. The highest BCUT2D eigenvalue weighted by molar-refractivity contribution is 5.90. The van der Waals surface area contributed by atoms with E-state index in [2.05, 4.69) is 0 Å². The molecular formula is C21H22O6. The summed E-state index contributed by atoms with van der Waals surface area (Å²) in [6.45, 7) is 3.74. The summed E-state index contributed by atoms with van der Waals surface area (Å²) in [4.78, 5) is 24.4. The van der Waals surface area contributed by atoms with Crippen LogP contribution < -0.4 is 0 Å². The van der Waals surface area contributed by atoms with E-state index < -0.39 is 30.4 Å². The summed E-state index contributed by atoms with van der Waals surface area (Å²) in [7, 11) is 0. The first-order valence-electron chi connectivity index (χ1n) is 8.77. The molecule has 27 heavy (non-hydrogen) atoms. The number of carbonyl (C=O) groups excluding carboxylic acids is 2. The molecule has 0 unspecified atom stereocenters. The third-order valence-corrected chi connectivity index (χ3v) is 4.39. The zero-order chi connectivity index (χ0) is 19.4. The minimum Gasteiger partial charge on any atom is -0.459 e. The first-order chi connectivity index (χ1) is 12.9. The molecule has 1 aliphatic rings. The van der Waals surface area contributed by atoms with Gasteiger partial charge in [-0.25, -0.2) is 9.59 Å². The van der Waals surface area contributed by atoms with Gasteiger partial charge in [0.05, 0.1) is 11.1 Å². The van der Waals surface area contributed by atoms with Gasteiger partial charge < -0.3 is 19.3 Å². The fourth-order valence-electron chi connectivity index (χ4n) is 2.79. The highest BCUT2D eigenvalue weighted by Crippen LogP contribution is 2.24. The van der Waals surface area contributed by atoms with Crippen LogP contribution in [0.4, 0.5) is 0 Å². The van der Waals surface area contributed by atoms with E-state index in [9.17, 15) is 14.7 Å². The second-order valence-electron chi connectivity index (χ2n) is 6.64. The number of aliphatic hydroxyl groups is 1. The van der Waals surface area contributed by atoms with Gasteiger partial charge in [0, 0.05) is 6.42 Å². The number of ether oxygens (including phenoxy) is 3. The molecule has 0 saturated carbocycles. The maximum absolute atomic E-state index is 12.3. The topological polar surface area (TPSA) is 82.1 Å². The van der Waals surface area contributed by atoms with E-state index in [0.717, 1.165) is 11.1 Å². The predicted molar refractivity (Wildman–Crippen MR) is 97.3 cm³/mol. The highest BCUT2D eigenvalue weighted by atomic mass is 16.7. The lowest BCUT2D eigenvalue weighted by molar-refractivity contribution is -0.110. The van der Waals surface area contributed by atoms with Crippen LogP contribution in [0, 0.1) is 13.8 Å². The molecular weight excluding hydrogens is 348 g/mol. The zero-order valence-corrected chi connectivity index (χ0v) is 15.3. The summed E-state index contributed by atoms with van der Waals surface area (Å²) in [5.74, 6) is -1.00. The fraction of sp³-hybridized carbons (Fsp3) is 0.333. The second kappa shape index (κ2) is 8.33. The lowest BCUT2D eigenvalue weighted by Crippen LogP contribution is -2.32. The third-order valence-electron chi connectivity index (χ3n) is 4.39. The molecule has 142 valence electrons. The van der Waals surface area contributed by atoms with Crippen molar-refractivity contribution >= 4 is 11.9 Å². The van der Waals surface area contributed by atoms with Crippen LogP contribution in [0.3, 0.4) is 0 Å². The van der Waals surface area contributed by atoms with Crippen molar-refractivity contribution in [3.05, 3.63) is 70.8 Å². The Kier molecular flexibility index (Phi) is 5.88. The van der Waals surface area contributed by atoms with Crippen molar-refractivity contribution in [3.63, 3.8) is 0 Å². The molecule has 1 saturated heterocycles. The van der Waals surface area contributed by atoms with Crippen molar-refractivity contribution in [2.75, 3.05) is 6.61 Å². The van der Waals surface area contributed by atoms with Gasteiger partial charge >= 0.3 is 11.9 Å². The Labute approximate surface area is 157 Å². The summed E-state index contributed by atoms with van der Waals surface area (Å²) >= 11 is 0. The maximum atomic E-state index is 12.3. The van der Waals surface area contributed by atoms with E-state index in [0.29, 0.717) is 11.1 Å². The van der Waals surface area contributed by atoms with Crippen molar-refractivity contribution < 1.29 is 28.9 Å². The Morgan fingerprint density at radius 1 is 0.963 bits per heavy atom. The number of benzene rings is 2. The molecule has 3 rings (SSSR count). The number of hydrogen-bond donors (Lipinski definition) is 1. The molecule has 0 spiro atoms. The number of rotatable bonds is 5. The van der Waals surface area contributed by atoms with Crippen LogP contribution in [0.5, 0.6) is 0 Å². The van der Waals surface area contributed by atoms with E-state index in [1.807, 2.05) is 38.1 Å². The number of esters is 2. The van der Waals surface area contributed by atoms with Crippen LogP contribution in [0.2, 0.25) is 0 Å². The van der Waals surface area contributed by atoms with Gasteiger partial charge in [-0.3, -0.25) is 0 Å². The van der Waals surface area contributed by atoms with Gasteiger partial charge in [-0.05, 0) is 38.1 Å². The lowest BCUT2D eigenvalue weighted by atomic mass is 10.1. The molecule has 1 fully saturated rings. The molecule has 6 heteroatoms. The Morgan fingerprint density at radius 2 is 1.48 bits per heavy atom. The molecule has 6 nitrogen and oxygen atoms in total. The SMILES string of the molecule is Cc1ccc(C(=O)OC[C@H]2O[C@@H](O)C[C@H]2OC(=O)c2ccc(C)cc2)cc1. The van der Waals surface area contributed by atoms with Gasteiger partial charge in [0.1, 0.15) is 18.8 Å². The smallest absolute Gasteiger partial charge is 0.338 e. The summed E-state index contributed by atoms with van der Waals surface area (Å²) < 4.78 is 16.1. The summed E-state index contributed by atoms with van der Waals surface area (Å²) in [6.07, 6.45) is -2.35. The average Bonchev–Trinajstić information content (AvgIpc) is 3.00. The van der Waals surface area contributed by atoms with E-state index >= 15 is 0 Å². The van der Waals surface area contributed by atoms with Crippen molar-refractivity contribution in [1.29, 1.82) is 0 Å². The first-order valence-corrected chi connectivity index (χ1v) is 8.77. The van der Waals surface area contributed by atoms with Gasteiger partial charge in [-0.1, -0.05) is 35.4 Å². The summed E-state index contributed by atoms with van der Waals surface area (Å²) in [5, 5.41) is 9.75. The molecule has 0 bridgehead atoms. The molecule has 1 N–H and O–H groups in total. The van der Waals surface area contributed by atoms with Gasteiger partial charge in [0.15, 0.2) is 6.29 Å². The van der Waals surface area contributed by atoms with Gasteiger partial charge in [-0.15, -0.1) is 0 Å². The quantitative estimate of drug-likeness (QED) is 0.815. The van der Waals surface area contributed by atoms with Crippen molar-refractivity contribution in [2.24, 2.45) is 0 Å². The molecule has 1 heterocycles. The van der Waals surface area contributed by atoms with Gasteiger partial charge in [0.25, 0.3) is 0 Å². The lowest BCUT2D eigenvalue weighted by Gasteiger charge is -2.18. The highest BCUT2D eigenvalue weighted by Gasteiger charge is 2.38. The van der Waals surface area contributed by atoms with Gasteiger partial charge in [0.2, 0.25) is 0 Å². The number of hydrogen-bond acceptors (Lipinski definition) is 6. The molecule has 0 aromatic heterocycles. The molecule has 1 aliphatic heterocycles. The van der Waals surface area contributed by atoms with Crippen LogP contribution in [0.1, 0.15) is 38.3 Å². The summed E-state index contributed by atoms with van der Waals surface area (Å²) in [5.41, 5.74) is 2.91. The largest absolute Gasteiger partial charge is 0.459 e. The standard InChI is InChI=1S/C21H22O6/c1-13-3-7-15(8-4-13)20(23)25-12-18-17(11-19(22)26-18)27-21(24)16-9-5-14(2)6-10-16/h3-10,17-19,22H,11-12H2,1-2H3/t17-,18-,19-/m1/s1. The first kappa shape index (κ1) is 19.1. The Balaban J connectivity index is 1.58. The van der Waals surface area contributed by atoms with E-state index in [1.165, 1.54) is 0 Å². The van der Waals surface area contributed by atoms with Crippen molar-refractivity contribution in [1.82, 2.24) is 0 Å². The Bertz CT molecular complexity index is 796. The molecule has 2 aromatic carbocycles. The van der Waals surface area contributed by atoms with Gasteiger partial charge in [-0.2, -0.15) is 0 Å². The van der Waals surface area contributed by atoms with E-state index in [-0.39, 0.29) is 13.0 Å². The molecule has 0 amide bonds. The summed E-state index contributed by atoms with van der Waals surface area (Å²) in [6, 6.07) is 14.0. The number of aliphatic hydroxyl groups excluding tert-OH is 1. The van der Waals surface area contributed by atoms with Crippen LogP contribution in [0.25, 0.3) is 0 Å². The predicted octanol–water partition coefficient (Wildman–Crippen LogP) is 2.79. The minimum atomic E-state index is -1.07. The monoisotopic (exact) mass is 370 g/mol. The van der Waals surface area contributed by atoms with Crippen LogP contribution >= 0.6 is 0 Å². The maximum Gasteiger partial charge on any atom is 0.338 e. The van der Waals surface area contributed by atoms with Crippen LogP contribution in [0.15, 0.2) is 48.5 Å². The zero-order valence-electron chi connectivity index (χ0n) is 15.3. The third kappa shape index (κ3) is 4.93. The number of aryl methyl sites for hydroxylation is 2.